The molecule has 136 valence electrons. The lowest BCUT2D eigenvalue weighted by molar-refractivity contribution is -0.180. The maximum atomic E-state index is 6.22. The van der Waals surface area contributed by atoms with Crippen molar-refractivity contribution >= 4 is 23.2 Å². The first kappa shape index (κ1) is 16.8. The van der Waals surface area contributed by atoms with Gasteiger partial charge in [-0.25, -0.2) is 0 Å². The predicted molar refractivity (Wildman–Crippen MR) is 98.3 cm³/mol. The summed E-state index contributed by atoms with van der Waals surface area (Å²) < 4.78 is 25.5. The van der Waals surface area contributed by atoms with Gasteiger partial charge in [-0.2, -0.15) is 0 Å². The van der Waals surface area contributed by atoms with E-state index in [1.807, 2.05) is 11.3 Å². The molecule has 2 aliphatic carbocycles. The fourth-order valence-corrected chi connectivity index (χ4v) is 6.01. The molecule has 4 nitrogen and oxygen atoms in total. The summed E-state index contributed by atoms with van der Waals surface area (Å²) in [4.78, 5) is 1.50. The Hall–Kier alpha value is -0.395. The molecule has 5 rings (SSSR count). The maximum Gasteiger partial charge on any atom is 0.505 e. The summed E-state index contributed by atoms with van der Waals surface area (Å²) in [6.45, 7) is 9.95. The molecule has 0 radical (unpaired) electrons. The molecule has 6 heteroatoms. The van der Waals surface area contributed by atoms with Gasteiger partial charge in [0, 0.05) is 27.9 Å². The Labute approximate surface area is 154 Å². The van der Waals surface area contributed by atoms with Crippen LogP contribution in [-0.2, 0) is 24.2 Å². The molecule has 1 aromatic rings. The molecule has 4 fully saturated rings. The van der Waals surface area contributed by atoms with E-state index in [2.05, 4.69) is 39.8 Å². The highest BCUT2D eigenvalue weighted by Crippen LogP contribution is 2.66. The molecule has 25 heavy (non-hydrogen) atoms. The Morgan fingerprint density at radius 1 is 0.960 bits per heavy atom. The highest BCUT2D eigenvalue weighted by molar-refractivity contribution is 7.22. The molecule has 2 saturated carbocycles. The van der Waals surface area contributed by atoms with Gasteiger partial charge in [0.1, 0.15) is 0 Å². The van der Waals surface area contributed by atoms with Gasteiger partial charge in [-0.1, -0.05) is 6.07 Å². The molecule has 2 aliphatic heterocycles. The van der Waals surface area contributed by atoms with Crippen LogP contribution >= 0.6 is 11.3 Å². The predicted octanol–water partition coefficient (Wildman–Crippen LogP) is 3.23. The van der Waals surface area contributed by atoms with Crippen molar-refractivity contribution in [3.8, 4) is 0 Å². The number of hydrogen-bond donors (Lipinski definition) is 0. The van der Waals surface area contributed by atoms with Crippen molar-refractivity contribution in [3.63, 3.8) is 0 Å². The highest BCUT2D eigenvalue weighted by Gasteiger charge is 2.63. The topological polar surface area (TPSA) is 36.9 Å². The van der Waals surface area contributed by atoms with Gasteiger partial charge < -0.3 is 18.8 Å². The van der Waals surface area contributed by atoms with E-state index < -0.39 is 0 Å². The second-order valence-electron chi connectivity index (χ2n) is 9.16. The minimum Gasteiger partial charge on any atom is -0.399 e. The third kappa shape index (κ3) is 2.41. The summed E-state index contributed by atoms with van der Waals surface area (Å²) in [7, 11) is -0.242. The smallest absolute Gasteiger partial charge is 0.399 e. The zero-order valence-electron chi connectivity index (χ0n) is 15.6. The SMILES string of the molecule is CC1(C)OB(c2ccc(C34CCC5(CC3C4)OCCO5)s2)OC1(C)C. The van der Waals surface area contributed by atoms with Gasteiger partial charge in [0.25, 0.3) is 0 Å². The van der Waals surface area contributed by atoms with E-state index in [9.17, 15) is 0 Å². The molecular formula is C19H27BO4S. The van der Waals surface area contributed by atoms with Crippen molar-refractivity contribution < 1.29 is 18.8 Å². The van der Waals surface area contributed by atoms with E-state index in [0.717, 1.165) is 26.1 Å². The number of ether oxygens (including phenoxy) is 2. The molecule has 2 unspecified atom stereocenters. The molecular weight excluding hydrogens is 335 g/mol. The Kier molecular flexibility index (Phi) is 3.42. The lowest BCUT2D eigenvalue weighted by atomic mass is 9.83. The Morgan fingerprint density at radius 2 is 1.64 bits per heavy atom. The first-order valence-electron chi connectivity index (χ1n) is 9.49. The molecule has 2 atom stereocenters. The summed E-state index contributed by atoms with van der Waals surface area (Å²) in [6, 6.07) is 4.51. The van der Waals surface area contributed by atoms with Gasteiger partial charge >= 0.3 is 7.12 Å². The third-order valence-corrected chi connectivity index (χ3v) is 8.48. The molecule has 0 bridgehead atoms. The highest BCUT2D eigenvalue weighted by atomic mass is 32.1. The van der Waals surface area contributed by atoms with E-state index in [-0.39, 0.29) is 24.1 Å². The van der Waals surface area contributed by atoms with Crippen LogP contribution in [0.5, 0.6) is 0 Å². The van der Waals surface area contributed by atoms with Crippen molar-refractivity contribution in [2.75, 3.05) is 13.2 Å². The molecule has 1 aromatic heterocycles. The largest absolute Gasteiger partial charge is 0.505 e. The zero-order chi connectivity index (χ0) is 17.5. The fraction of sp³-hybridized carbons (Fsp3) is 0.789. The van der Waals surface area contributed by atoms with E-state index in [0.29, 0.717) is 11.3 Å². The standard InChI is InChI=1S/C19H27BO4S/c1-16(2)17(3,4)24-20(23-16)15-6-5-14(25-15)18-7-8-19(12-13(18)11-18)21-9-10-22-19/h5-6,13H,7-12H2,1-4H3. The van der Waals surface area contributed by atoms with Crippen LogP contribution in [0.15, 0.2) is 12.1 Å². The van der Waals surface area contributed by atoms with Crippen LogP contribution in [0.2, 0.25) is 0 Å². The Bertz CT molecular complexity index is 677. The van der Waals surface area contributed by atoms with Crippen molar-refractivity contribution in [3.05, 3.63) is 17.0 Å². The van der Waals surface area contributed by atoms with Gasteiger partial charge in [0.05, 0.1) is 24.4 Å². The third-order valence-electron chi connectivity index (χ3n) is 7.16. The fourth-order valence-electron chi connectivity index (χ4n) is 4.74. The first-order chi connectivity index (χ1) is 11.8. The summed E-state index contributed by atoms with van der Waals surface area (Å²) in [6.07, 6.45) is 4.51. The van der Waals surface area contributed by atoms with Crippen molar-refractivity contribution in [1.82, 2.24) is 0 Å². The van der Waals surface area contributed by atoms with Gasteiger partial charge in [0.2, 0.25) is 0 Å². The zero-order valence-corrected chi connectivity index (χ0v) is 16.4. The second-order valence-corrected chi connectivity index (χ2v) is 10.3. The van der Waals surface area contributed by atoms with Gasteiger partial charge in [-0.15, -0.1) is 11.3 Å². The number of rotatable bonds is 2. The minimum absolute atomic E-state index is 0.242. The maximum absolute atomic E-state index is 6.22. The second kappa shape index (κ2) is 5.11. The normalized spacial score (nSPS) is 37.4. The van der Waals surface area contributed by atoms with E-state index in [1.54, 1.807) is 0 Å². The quantitative estimate of drug-likeness (QED) is 0.757. The average Bonchev–Trinajstić information content (AvgIpc) is 2.89. The Morgan fingerprint density at radius 3 is 2.28 bits per heavy atom. The van der Waals surface area contributed by atoms with E-state index in [4.69, 9.17) is 18.8 Å². The molecule has 4 aliphatic rings. The lowest BCUT2D eigenvalue weighted by Gasteiger charge is -2.34. The van der Waals surface area contributed by atoms with Crippen LogP contribution in [0.3, 0.4) is 0 Å². The number of thiophene rings is 1. The summed E-state index contributed by atoms with van der Waals surface area (Å²) in [5.74, 6) is 0.431. The molecule has 3 heterocycles. The Balaban J connectivity index is 1.33. The lowest BCUT2D eigenvalue weighted by Crippen LogP contribution is -2.41. The number of fused-ring (bicyclic) bond motifs is 1. The van der Waals surface area contributed by atoms with Crippen LogP contribution in [0.25, 0.3) is 0 Å². The molecule has 1 spiro atoms. The van der Waals surface area contributed by atoms with E-state index in [1.165, 1.54) is 22.5 Å². The average molecular weight is 362 g/mol. The van der Waals surface area contributed by atoms with Gasteiger partial charge in [0.15, 0.2) is 5.79 Å². The van der Waals surface area contributed by atoms with Crippen LogP contribution in [-0.4, -0.2) is 37.3 Å². The molecule has 0 amide bonds. The first-order valence-corrected chi connectivity index (χ1v) is 10.3. The molecule has 2 saturated heterocycles. The molecule has 0 N–H and O–H groups in total. The van der Waals surface area contributed by atoms with Crippen LogP contribution < -0.4 is 4.78 Å². The van der Waals surface area contributed by atoms with Crippen LogP contribution in [0.4, 0.5) is 0 Å². The number of hydrogen-bond acceptors (Lipinski definition) is 5. The monoisotopic (exact) mass is 362 g/mol. The summed E-state index contributed by atoms with van der Waals surface area (Å²) in [5.41, 5.74) is -0.208. The van der Waals surface area contributed by atoms with Crippen LogP contribution in [0, 0.1) is 5.92 Å². The molecule has 0 aromatic carbocycles. The van der Waals surface area contributed by atoms with E-state index >= 15 is 0 Å². The van der Waals surface area contributed by atoms with Crippen molar-refractivity contribution in [1.29, 1.82) is 0 Å². The van der Waals surface area contributed by atoms with Gasteiger partial charge in [-0.05, 0) is 52.5 Å². The van der Waals surface area contributed by atoms with Crippen LogP contribution in [0.1, 0.15) is 58.3 Å². The summed E-state index contributed by atoms with van der Waals surface area (Å²) >= 11 is 1.88. The van der Waals surface area contributed by atoms with Gasteiger partial charge in [-0.3, -0.25) is 0 Å². The van der Waals surface area contributed by atoms with Crippen molar-refractivity contribution in [2.24, 2.45) is 5.92 Å². The summed E-state index contributed by atoms with van der Waals surface area (Å²) in [5, 5.41) is 0. The minimum atomic E-state index is -0.281. The van der Waals surface area contributed by atoms with Crippen molar-refractivity contribution in [2.45, 2.75) is 75.8 Å².